The molecule has 1 aromatic carbocycles. The van der Waals surface area contributed by atoms with Crippen molar-refractivity contribution in [1.29, 1.82) is 0 Å². The first-order chi connectivity index (χ1) is 14.0. The van der Waals surface area contributed by atoms with E-state index in [1.54, 1.807) is 35.2 Å². The Labute approximate surface area is 167 Å². The average Bonchev–Trinajstić information content (AvgIpc) is 3.46. The van der Waals surface area contributed by atoms with Crippen molar-refractivity contribution in [3.63, 3.8) is 0 Å². The number of fused-ring (bicyclic) bond motifs is 1. The van der Waals surface area contributed by atoms with Gasteiger partial charge in [-0.15, -0.1) is 0 Å². The number of halogens is 1. The van der Waals surface area contributed by atoms with Crippen LogP contribution < -0.4 is 0 Å². The molecule has 0 radical (unpaired) electrons. The molecule has 1 spiro atoms. The molecule has 2 fully saturated rings. The van der Waals surface area contributed by atoms with E-state index in [1.165, 1.54) is 12.1 Å². The standard InChI is InChI=1S/C21H21FN4O3/c1-25(11-15-7-9-23-24-15)19(27)17-16-6-8-21(29-16)12-26(20(28)18(17)21)10-13-2-4-14(22)5-3-13/h2-9,16-18H,10-12H2,1H3,(H,23,24)/t16-,17?,18?,21-/m0/s1. The number of hydrogen-bond donors (Lipinski definition) is 1. The van der Waals surface area contributed by atoms with Gasteiger partial charge in [-0.3, -0.25) is 14.7 Å². The van der Waals surface area contributed by atoms with Gasteiger partial charge < -0.3 is 14.5 Å². The van der Waals surface area contributed by atoms with Gasteiger partial charge in [0.25, 0.3) is 0 Å². The van der Waals surface area contributed by atoms with Crippen LogP contribution in [0.2, 0.25) is 0 Å². The van der Waals surface area contributed by atoms with Crippen LogP contribution in [0.3, 0.4) is 0 Å². The third-order valence-corrected chi connectivity index (χ3v) is 6.09. The zero-order valence-corrected chi connectivity index (χ0v) is 15.9. The van der Waals surface area contributed by atoms with Crippen molar-refractivity contribution < 1.29 is 18.7 Å². The van der Waals surface area contributed by atoms with E-state index in [2.05, 4.69) is 10.2 Å². The second-order valence-electron chi connectivity index (χ2n) is 8.00. The Kier molecular flexibility index (Phi) is 4.06. The van der Waals surface area contributed by atoms with Crippen LogP contribution in [0.25, 0.3) is 0 Å². The third kappa shape index (κ3) is 2.86. The SMILES string of the molecule is CN(Cc1ccn[nH]1)C(=O)C1C2C(=O)N(Cc3ccc(F)cc3)C[C@@]23C=C[C@@H]1O3. The summed E-state index contributed by atoms with van der Waals surface area (Å²) < 4.78 is 19.3. The predicted octanol–water partition coefficient (Wildman–Crippen LogP) is 1.49. The molecule has 3 aliphatic rings. The maximum atomic E-state index is 13.2. The van der Waals surface area contributed by atoms with Crippen LogP contribution in [0.1, 0.15) is 11.3 Å². The van der Waals surface area contributed by atoms with Crippen LogP contribution in [0.4, 0.5) is 4.39 Å². The van der Waals surface area contributed by atoms with Crippen LogP contribution in [0.5, 0.6) is 0 Å². The van der Waals surface area contributed by atoms with Crippen LogP contribution >= 0.6 is 0 Å². The highest BCUT2D eigenvalue weighted by Crippen LogP contribution is 2.52. The van der Waals surface area contributed by atoms with Crippen LogP contribution in [-0.4, -0.2) is 57.1 Å². The summed E-state index contributed by atoms with van der Waals surface area (Å²) in [4.78, 5) is 29.8. The van der Waals surface area contributed by atoms with E-state index in [0.717, 1.165) is 11.3 Å². The van der Waals surface area contributed by atoms with Gasteiger partial charge >= 0.3 is 0 Å². The number of amides is 2. The summed E-state index contributed by atoms with van der Waals surface area (Å²) in [6.45, 7) is 1.15. The van der Waals surface area contributed by atoms with Gasteiger partial charge in [-0.2, -0.15) is 5.10 Å². The fraction of sp³-hybridized carbons (Fsp3) is 0.381. The molecule has 150 valence electrons. The van der Waals surface area contributed by atoms with Gasteiger partial charge in [-0.1, -0.05) is 24.3 Å². The summed E-state index contributed by atoms with van der Waals surface area (Å²) >= 11 is 0. The molecular weight excluding hydrogens is 375 g/mol. The number of benzene rings is 1. The molecule has 2 bridgehead atoms. The number of nitrogens with zero attached hydrogens (tertiary/aromatic N) is 3. The van der Waals surface area contributed by atoms with Gasteiger partial charge in [-0.25, -0.2) is 4.39 Å². The van der Waals surface area contributed by atoms with E-state index in [1.807, 2.05) is 18.2 Å². The number of carbonyl (C=O) groups excluding carboxylic acids is 2. The molecule has 0 saturated carbocycles. The van der Waals surface area contributed by atoms with Crippen molar-refractivity contribution in [3.8, 4) is 0 Å². The largest absolute Gasteiger partial charge is 0.360 e. The number of nitrogens with one attached hydrogen (secondary N) is 1. The lowest BCUT2D eigenvalue weighted by Gasteiger charge is -2.27. The first kappa shape index (κ1) is 18.1. The van der Waals surface area contributed by atoms with E-state index in [4.69, 9.17) is 4.74 Å². The molecule has 2 aromatic rings. The maximum Gasteiger partial charge on any atom is 0.230 e. The number of H-pyrrole nitrogens is 1. The lowest BCUT2D eigenvalue weighted by molar-refractivity contribution is -0.142. The molecule has 2 unspecified atom stereocenters. The lowest BCUT2D eigenvalue weighted by Crippen LogP contribution is -2.44. The highest BCUT2D eigenvalue weighted by atomic mass is 19.1. The predicted molar refractivity (Wildman–Crippen MR) is 101 cm³/mol. The van der Waals surface area contributed by atoms with Crippen LogP contribution in [0.15, 0.2) is 48.7 Å². The molecule has 4 heterocycles. The molecule has 1 aromatic heterocycles. The molecule has 3 aliphatic heterocycles. The zero-order chi connectivity index (χ0) is 20.2. The molecule has 5 rings (SSSR count). The highest BCUT2D eigenvalue weighted by molar-refractivity contribution is 5.93. The molecule has 2 saturated heterocycles. The summed E-state index contributed by atoms with van der Waals surface area (Å²) in [5, 5.41) is 6.76. The number of rotatable bonds is 5. The van der Waals surface area contributed by atoms with Crippen LogP contribution in [-0.2, 0) is 27.4 Å². The molecule has 8 heteroatoms. The first-order valence-corrected chi connectivity index (χ1v) is 9.60. The molecule has 2 amide bonds. The second kappa shape index (κ2) is 6.52. The minimum absolute atomic E-state index is 0.0885. The fourth-order valence-electron chi connectivity index (χ4n) is 4.76. The molecule has 0 aliphatic carbocycles. The topological polar surface area (TPSA) is 78.5 Å². The number of carbonyl (C=O) groups is 2. The first-order valence-electron chi connectivity index (χ1n) is 9.60. The smallest absolute Gasteiger partial charge is 0.230 e. The van der Waals surface area contributed by atoms with Gasteiger partial charge in [0, 0.05) is 19.8 Å². The molecular formula is C21H21FN4O3. The van der Waals surface area contributed by atoms with Crippen molar-refractivity contribution >= 4 is 11.8 Å². The highest BCUT2D eigenvalue weighted by Gasteiger charge is 2.67. The van der Waals surface area contributed by atoms with E-state index >= 15 is 0 Å². The van der Waals surface area contributed by atoms with Crippen molar-refractivity contribution in [2.45, 2.75) is 24.8 Å². The Hall–Kier alpha value is -3.00. The fourth-order valence-corrected chi connectivity index (χ4v) is 4.76. The minimum atomic E-state index is -0.753. The summed E-state index contributed by atoms with van der Waals surface area (Å²) in [6, 6.07) is 7.92. The number of aromatic nitrogens is 2. The molecule has 29 heavy (non-hydrogen) atoms. The summed E-state index contributed by atoms with van der Waals surface area (Å²) in [6.07, 6.45) is 5.09. The van der Waals surface area contributed by atoms with E-state index in [0.29, 0.717) is 19.6 Å². The van der Waals surface area contributed by atoms with Crippen molar-refractivity contribution in [2.24, 2.45) is 11.8 Å². The summed E-state index contributed by atoms with van der Waals surface area (Å²) in [7, 11) is 1.72. The van der Waals surface area contributed by atoms with Gasteiger partial charge in [-0.05, 0) is 23.8 Å². The zero-order valence-electron chi connectivity index (χ0n) is 15.9. The Morgan fingerprint density at radius 1 is 1.38 bits per heavy atom. The third-order valence-electron chi connectivity index (χ3n) is 6.09. The lowest BCUT2D eigenvalue weighted by atomic mass is 9.76. The van der Waals surface area contributed by atoms with Gasteiger partial charge in [0.15, 0.2) is 0 Å². The molecule has 1 N–H and O–H groups in total. The Balaban J connectivity index is 1.36. The van der Waals surface area contributed by atoms with Crippen molar-refractivity contribution in [3.05, 3.63) is 65.8 Å². The Bertz CT molecular complexity index is 974. The van der Waals surface area contributed by atoms with Gasteiger partial charge in [0.2, 0.25) is 11.8 Å². The number of likely N-dealkylation sites (tertiary alicyclic amines) is 1. The van der Waals surface area contributed by atoms with Gasteiger partial charge in [0.05, 0.1) is 36.7 Å². The Morgan fingerprint density at radius 3 is 2.90 bits per heavy atom. The summed E-state index contributed by atoms with van der Waals surface area (Å²) in [5.41, 5.74) is 0.913. The van der Waals surface area contributed by atoms with E-state index < -0.39 is 17.4 Å². The van der Waals surface area contributed by atoms with Crippen LogP contribution in [0, 0.1) is 17.7 Å². The molecule has 4 atom stereocenters. The quantitative estimate of drug-likeness (QED) is 0.777. The minimum Gasteiger partial charge on any atom is -0.360 e. The van der Waals surface area contributed by atoms with E-state index in [-0.39, 0.29) is 23.7 Å². The number of hydrogen-bond acceptors (Lipinski definition) is 4. The van der Waals surface area contributed by atoms with Crippen molar-refractivity contribution in [1.82, 2.24) is 20.0 Å². The summed E-state index contributed by atoms with van der Waals surface area (Å²) in [5.74, 6) is -1.59. The number of aromatic amines is 1. The second-order valence-corrected chi connectivity index (χ2v) is 8.00. The maximum absolute atomic E-state index is 13.2. The van der Waals surface area contributed by atoms with Crippen molar-refractivity contribution in [2.75, 3.05) is 13.6 Å². The normalized spacial score (nSPS) is 29.5. The van der Waals surface area contributed by atoms with Gasteiger partial charge in [0.1, 0.15) is 11.4 Å². The number of ether oxygens (including phenoxy) is 1. The Morgan fingerprint density at radius 2 is 2.17 bits per heavy atom. The monoisotopic (exact) mass is 396 g/mol. The van der Waals surface area contributed by atoms with E-state index in [9.17, 15) is 14.0 Å². The molecule has 7 nitrogen and oxygen atoms in total. The average molecular weight is 396 g/mol.